The molecule has 3 aromatic rings. The van der Waals surface area contributed by atoms with Crippen molar-refractivity contribution in [3.05, 3.63) is 41.9 Å². The standard InChI is InChI=1S/C22H27ClN6O3/c1-22(31)17(32-2)9-16(19(22)30)29-12-26-18-20(24-11-25-21(18)29)27-14-6-7-28(10-14)15-5-3-4-13(23)8-15/h3-5,8,11-12,14,16-17,19,30-31H,6-7,9-10H2,1-2H3,(H,24,25,27)/t14-,16+,17+,19-,22-/m0/s1. The molecule has 2 fully saturated rings. The van der Waals surface area contributed by atoms with Crippen LogP contribution < -0.4 is 10.2 Å². The van der Waals surface area contributed by atoms with Crippen molar-refractivity contribution in [3.63, 3.8) is 0 Å². The lowest BCUT2D eigenvalue weighted by molar-refractivity contribution is -0.114. The second-order valence-electron chi connectivity index (χ2n) is 8.80. The van der Waals surface area contributed by atoms with Gasteiger partial charge in [0.15, 0.2) is 11.5 Å². The molecular weight excluding hydrogens is 432 g/mol. The first-order chi connectivity index (χ1) is 15.4. The molecule has 3 N–H and O–H groups in total. The summed E-state index contributed by atoms with van der Waals surface area (Å²) >= 11 is 6.15. The van der Waals surface area contributed by atoms with E-state index in [1.54, 1.807) is 20.4 Å². The number of imidazole rings is 1. The molecule has 1 saturated heterocycles. The highest BCUT2D eigenvalue weighted by Gasteiger charge is 2.52. The number of anilines is 2. The lowest BCUT2D eigenvalue weighted by Crippen LogP contribution is -2.45. The summed E-state index contributed by atoms with van der Waals surface area (Å²) < 4.78 is 7.21. The fourth-order valence-corrected chi connectivity index (χ4v) is 5.13. The van der Waals surface area contributed by atoms with E-state index in [0.29, 0.717) is 23.4 Å². The summed E-state index contributed by atoms with van der Waals surface area (Å²) in [6, 6.07) is 7.68. The first kappa shape index (κ1) is 21.4. The van der Waals surface area contributed by atoms with Crippen LogP contribution in [0.3, 0.4) is 0 Å². The molecular formula is C22H27ClN6O3. The second kappa shape index (κ2) is 8.15. The summed E-state index contributed by atoms with van der Waals surface area (Å²) in [4.78, 5) is 15.7. The number of rotatable bonds is 5. The topological polar surface area (TPSA) is 109 Å². The van der Waals surface area contributed by atoms with Crippen molar-refractivity contribution < 1.29 is 14.9 Å². The van der Waals surface area contributed by atoms with E-state index >= 15 is 0 Å². The zero-order chi connectivity index (χ0) is 22.5. The van der Waals surface area contributed by atoms with Crippen LogP contribution in [-0.2, 0) is 4.74 Å². The maximum absolute atomic E-state index is 10.8. The SMILES string of the molecule is CO[C@@H]1C[C@@H](n2cnc3c(N[C@H]4CCN(c5cccc(Cl)c5)C4)ncnc32)[C@H](O)[C@@]1(C)O. The zero-order valence-electron chi connectivity index (χ0n) is 18.0. The number of halogens is 1. The zero-order valence-corrected chi connectivity index (χ0v) is 18.8. The third kappa shape index (κ3) is 3.59. The quantitative estimate of drug-likeness (QED) is 0.534. The van der Waals surface area contributed by atoms with E-state index in [1.807, 2.05) is 22.8 Å². The predicted molar refractivity (Wildman–Crippen MR) is 122 cm³/mol. The number of aliphatic hydroxyl groups excluding tert-OH is 1. The lowest BCUT2D eigenvalue weighted by Gasteiger charge is -2.28. The maximum Gasteiger partial charge on any atom is 0.165 e. The monoisotopic (exact) mass is 458 g/mol. The van der Waals surface area contributed by atoms with Crippen LogP contribution in [0.2, 0.25) is 5.02 Å². The summed E-state index contributed by atoms with van der Waals surface area (Å²) in [5, 5.41) is 25.7. The largest absolute Gasteiger partial charge is 0.388 e. The highest BCUT2D eigenvalue weighted by molar-refractivity contribution is 6.30. The van der Waals surface area contributed by atoms with Crippen molar-refractivity contribution in [1.82, 2.24) is 19.5 Å². The molecule has 1 aliphatic carbocycles. The molecule has 5 atom stereocenters. The summed E-state index contributed by atoms with van der Waals surface area (Å²) in [6.45, 7) is 3.34. The van der Waals surface area contributed by atoms with Crippen molar-refractivity contribution in [2.75, 3.05) is 30.4 Å². The van der Waals surface area contributed by atoms with Crippen LogP contribution in [-0.4, -0.2) is 73.8 Å². The number of fused-ring (bicyclic) bond motifs is 1. The van der Waals surface area contributed by atoms with Gasteiger partial charge in [0.2, 0.25) is 0 Å². The number of aromatic nitrogens is 4. The van der Waals surface area contributed by atoms with Gasteiger partial charge < -0.3 is 29.7 Å². The van der Waals surface area contributed by atoms with Gasteiger partial charge in [0.1, 0.15) is 23.5 Å². The van der Waals surface area contributed by atoms with E-state index in [-0.39, 0.29) is 6.04 Å². The summed E-state index contributed by atoms with van der Waals surface area (Å²) in [6.07, 6.45) is 3.09. The highest BCUT2D eigenvalue weighted by atomic mass is 35.5. The Kier molecular flexibility index (Phi) is 5.45. The molecule has 0 amide bonds. The molecule has 2 aromatic heterocycles. The Balaban J connectivity index is 1.36. The molecule has 1 aliphatic heterocycles. The molecule has 1 saturated carbocycles. The maximum atomic E-state index is 10.8. The van der Waals surface area contributed by atoms with Gasteiger partial charge in [-0.2, -0.15) is 0 Å². The smallest absolute Gasteiger partial charge is 0.165 e. The number of benzene rings is 1. The molecule has 0 unspecified atom stereocenters. The lowest BCUT2D eigenvalue weighted by atomic mass is 10.00. The third-order valence-corrected chi connectivity index (χ3v) is 7.01. The van der Waals surface area contributed by atoms with Gasteiger partial charge in [-0.05, 0) is 38.0 Å². The minimum absolute atomic E-state index is 0.202. The molecule has 10 heteroatoms. The van der Waals surface area contributed by atoms with E-state index in [0.717, 1.165) is 30.2 Å². The van der Waals surface area contributed by atoms with Gasteiger partial charge in [0, 0.05) is 37.0 Å². The number of ether oxygens (including phenoxy) is 1. The van der Waals surface area contributed by atoms with E-state index in [1.165, 1.54) is 6.33 Å². The van der Waals surface area contributed by atoms with Crippen LogP contribution in [0.15, 0.2) is 36.9 Å². The van der Waals surface area contributed by atoms with E-state index in [4.69, 9.17) is 16.3 Å². The summed E-state index contributed by atoms with van der Waals surface area (Å²) in [5.74, 6) is 0.661. The Bertz CT molecular complexity index is 1120. The van der Waals surface area contributed by atoms with Gasteiger partial charge in [-0.15, -0.1) is 0 Å². The van der Waals surface area contributed by atoms with Crippen molar-refractivity contribution in [3.8, 4) is 0 Å². The highest BCUT2D eigenvalue weighted by Crippen LogP contribution is 2.41. The van der Waals surface area contributed by atoms with E-state index in [9.17, 15) is 10.2 Å². The predicted octanol–water partition coefficient (Wildman–Crippen LogP) is 2.24. The molecule has 1 aromatic carbocycles. The number of nitrogens with one attached hydrogen (secondary N) is 1. The average molecular weight is 459 g/mol. The molecule has 3 heterocycles. The number of nitrogens with zero attached hydrogens (tertiary/aromatic N) is 5. The fourth-order valence-electron chi connectivity index (χ4n) is 4.95. The van der Waals surface area contributed by atoms with Gasteiger partial charge in [0.05, 0.1) is 18.5 Å². The Morgan fingerprint density at radius 3 is 2.88 bits per heavy atom. The van der Waals surface area contributed by atoms with Crippen LogP contribution in [0.4, 0.5) is 11.5 Å². The first-order valence-electron chi connectivity index (χ1n) is 10.8. The molecule has 9 nitrogen and oxygen atoms in total. The van der Waals surface area contributed by atoms with Crippen LogP contribution in [0.1, 0.15) is 25.8 Å². The Hall–Kier alpha value is -2.46. The molecule has 0 radical (unpaired) electrons. The van der Waals surface area contributed by atoms with E-state index < -0.39 is 23.9 Å². The van der Waals surface area contributed by atoms with Gasteiger partial charge in [-0.1, -0.05) is 17.7 Å². The number of hydrogen-bond donors (Lipinski definition) is 3. The fraction of sp³-hybridized carbons (Fsp3) is 0.500. The van der Waals surface area contributed by atoms with Gasteiger partial charge in [0.25, 0.3) is 0 Å². The van der Waals surface area contributed by atoms with Crippen LogP contribution in [0, 0.1) is 0 Å². The molecule has 32 heavy (non-hydrogen) atoms. The Labute approximate surface area is 191 Å². The number of aliphatic hydroxyl groups is 2. The van der Waals surface area contributed by atoms with Gasteiger partial charge in [-0.3, -0.25) is 0 Å². The molecule has 0 bridgehead atoms. The average Bonchev–Trinajstić information content (AvgIpc) is 3.46. The number of hydrogen-bond acceptors (Lipinski definition) is 8. The van der Waals surface area contributed by atoms with Gasteiger partial charge in [-0.25, -0.2) is 15.0 Å². The molecule has 0 spiro atoms. The van der Waals surface area contributed by atoms with Crippen molar-refractivity contribution in [2.24, 2.45) is 0 Å². The molecule has 5 rings (SSSR count). The minimum atomic E-state index is -1.35. The Morgan fingerprint density at radius 1 is 1.28 bits per heavy atom. The third-order valence-electron chi connectivity index (χ3n) is 6.77. The van der Waals surface area contributed by atoms with Crippen LogP contribution >= 0.6 is 11.6 Å². The Morgan fingerprint density at radius 2 is 2.12 bits per heavy atom. The van der Waals surface area contributed by atoms with Crippen molar-refractivity contribution in [1.29, 1.82) is 0 Å². The molecule has 2 aliphatic rings. The molecule has 170 valence electrons. The van der Waals surface area contributed by atoms with E-state index in [2.05, 4.69) is 31.2 Å². The van der Waals surface area contributed by atoms with Crippen molar-refractivity contribution in [2.45, 2.75) is 49.7 Å². The first-order valence-corrected chi connectivity index (χ1v) is 11.1. The summed E-state index contributed by atoms with van der Waals surface area (Å²) in [7, 11) is 1.54. The van der Waals surface area contributed by atoms with Gasteiger partial charge >= 0.3 is 0 Å². The second-order valence-corrected chi connectivity index (χ2v) is 9.24. The number of methoxy groups -OCH3 is 1. The van der Waals surface area contributed by atoms with Crippen LogP contribution in [0.5, 0.6) is 0 Å². The van der Waals surface area contributed by atoms with Crippen LogP contribution in [0.25, 0.3) is 11.2 Å². The normalized spacial score (nSPS) is 30.3. The minimum Gasteiger partial charge on any atom is -0.388 e. The summed E-state index contributed by atoms with van der Waals surface area (Å²) in [5.41, 5.74) is 1.01. The van der Waals surface area contributed by atoms with Crippen molar-refractivity contribution >= 4 is 34.3 Å².